The van der Waals surface area contributed by atoms with E-state index >= 15 is 0 Å². The fraction of sp³-hybridized carbons (Fsp3) is 0. The molecular formula is C12H8N2O3S. The van der Waals surface area contributed by atoms with E-state index in [9.17, 15) is 15.2 Å². The van der Waals surface area contributed by atoms with Gasteiger partial charge in [0, 0.05) is 11.0 Å². The molecule has 0 amide bonds. The number of phenolic OH excluding ortho intramolecular Hbond substituents is 1. The number of benzene rings is 2. The molecule has 1 aliphatic heterocycles. The number of anilines is 2. The average molecular weight is 260 g/mol. The number of nitro groups is 1. The summed E-state index contributed by atoms with van der Waals surface area (Å²) in [6.07, 6.45) is 0. The molecule has 0 aromatic heterocycles. The summed E-state index contributed by atoms with van der Waals surface area (Å²) in [5, 5.41) is 23.8. The van der Waals surface area contributed by atoms with Gasteiger partial charge in [0.05, 0.1) is 15.5 Å². The van der Waals surface area contributed by atoms with Gasteiger partial charge in [-0.1, -0.05) is 23.9 Å². The van der Waals surface area contributed by atoms with Gasteiger partial charge in [0.2, 0.25) is 0 Å². The first-order valence-corrected chi connectivity index (χ1v) is 6.03. The van der Waals surface area contributed by atoms with Crippen molar-refractivity contribution >= 4 is 28.8 Å². The van der Waals surface area contributed by atoms with E-state index in [1.165, 1.54) is 23.9 Å². The summed E-state index contributed by atoms with van der Waals surface area (Å²) in [4.78, 5) is 11.9. The van der Waals surface area contributed by atoms with Crippen LogP contribution in [0, 0.1) is 10.1 Å². The molecule has 1 heterocycles. The van der Waals surface area contributed by atoms with Crippen LogP contribution in [-0.4, -0.2) is 10.0 Å². The first-order chi connectivity index (χ1) is 8.66. The van der Waals surface area contributed by atoms with Crippen LogP contribution >= 0.6 is 11.8 Å². The van der Waals surface area contributed by atoms with Crippen molar-refractivity contribution in [2.45, 2.75) is 9.79 Å². The fourth-order valence-corrected chi connectivity index (χ4v) is 2.87. The number of aromatic hydroxyl groups is 1. The van der Waals surface area contributed by atoms with Crippen molar-refractivity contribution in [2.24, 2.45) is 0 Å². The molecule has 2 aromatic carbocycles. The Balaban J connectivity index is 2.20. The summed E-state index contributed by atoms with van der Waals surface area (Å²) in [7, 11) is 0. The Morgan fingerprint density at radius 1 is 1.22 bits per heavy atom. The average Bonchev–Trinajstić information content (AvgIpc) is 2.37. The molecule has 0 saturated carbocycles. The minimum absolute atomic E-state index is 0.0372. The van der Waals surface area contributed by atoms with Crippen molar-refractivity contribution in [3.05, 3.63) is 46.5 Å². The number of nitrogens with one attached hydrogen (secondary N) is 1. The molecular weight excluding hydrogens is 252 g/mol. The lowest BCUT2D eigenvalue weighted by molar-refractivity contribution is -0.384. The first-order valence-electron chi connectivity index (χ1n) is 5.21. The number of nitrogens with zero attached hydrogens (tertiary/aromatic N) is 1. The van der Waals surface area contributed by atoms with Gasteiger partial charge in [-0.05, 0) is 18.2 Å². The number of hydrogen-bond acceptors (Lipinski definition) is 5. The molecule has 0 saturated heterocycles. The van der Waals surface area contributed by atoms with Crippen molar-refractivity contribution in [3.63, 3.8) is 0 Å². The Morgan fingerprint density at radius 3 is 2.78 bits per heavy atom. The van der Waals surface area contributed by atoms with Gasteiger partial charge >= 0.3 is 0 Å². The Labute approximate surface area is 107 Å². The second-order valence-electron chi connectivity index (χ2n) is 3.79. The lowest BCUT2D eigenvalue weighted by atomic mass is 10.2. The normalized spacial score (nSPS) is 12.2. The highest BCUT2D eigenvalue weighted by atomic mass is 32.2. The van der Waals surface area contributed by atoms with Crippen LogP contribution in [0.25, 0.3) is 0 Å². The van der Waals surface area contributed by atoms with E-state index in [-0.39, 0.29) is 11.4 Å². The van der Waals surface area contributed by atoms with Gasteiger partial charge < -0.3 is 10.4 Å². The van der Waals surface area contributed by atoms with Gasteiger partial charge in [0.25, 0.3) is 5.69 Å². The third kappa shape index (κ3) is 1.58. The molecule has 0 fully saturated rings. The summed E-state index contributed by atoms with van der Waals surface area (Å²) in [5.74, 6) is 0.0441. The van der Waals surface area contributed by atoms with Gasteiger partial charge in [-0.2, -0.15) is 0 Å². The number of para-hydroxylation sites is 1. The third-order valence-corrected chi connectivity index (χ3v) is 3.86. The zero-order valence-electron chi connectivity index (χ0n) is 9.08. The zero-order chi connectivity index (χ0) is 12.7. The van der Waals surface area contributed by atoms with Crippen molar-refractivity contribution in [1.82, 2.24) is 0 Å². The van der Waals surface area contributed by atoms with Gasteiger partial charge in [0.15, 0.2) is 0 Å². The van der Waals surface area contributed by atoms with Crippen LogP contribution in [0.5, 0.6) is 5.75 Å². The van der Waals surface area contributed by atoms with Crippen LogP contribution in [0.4, 0.5) is 17.1 Å². The molecule has 0 spiro atoms. The third-order valence-electron chi connectivity index (χ3n) is 2.67. The second-order valence-corrected chi connectivity index (χ2v) is 4.84. The molecule has 0 aliphatic carbocycles. The van der Waals surface area contributed by atoms with Crippen LogP contribution < -0.4 is 5.32 Å². The van der Waals surface area contributed by atoms with Crippen LogP contribution in [0.2, 0.25) is 0 Å². The van der Waals surface area contributed by atoms with Crippen molar-refractivity contribution in [3.8, 4) is 5.75 Å². The van der Waals surface area contributed by atoms with Crippen LogP contribution in [0.3, 0.4) is 0 Å². The van der Waals surface area contributed by atoms with Gasteiger partial charge in [0.1, 0.15) is 11.4 Å². The number of hydrogen-bond donors (Lipinski definition) is 2. The number of nitro benzene ring substituents is 1. The molecule has 1 aliphatic rings. The van der Waals surface area contributed by atoms with E-state index in [4.69, 9.17) is 0 Å². The SMILES string of the molecule is O=[N+]([O-])c1ccc(O)c2c1Nc1ccccc1S2. The summed E-state index contributed by atoms with van der Waals surface area (Å²) >= 11 is 1.32. The summed E-state index contributed by atoms with van der Waals surface area (Å²) in [5.41, 5.74) is 1.12. The van der Waals surface area contributed by atoms with Crippen molar-refractivity contribution in [2.75, 3.05) is 5.32 Å². The van der Waals surface area contributed by atoms with E-state index in [0.717, 1.165) is 10.6 Å². The minimum atomic E-state index is -0.459. The number of rotatable bonds is 1. The molecule has 5 nitrogen and oxygen atoms in total. The molecule has 0 radical (unpaired) electrons. The maximum atomic E-state index is 11.0. The second kappa shape index (κ2) is 3.92. The van der Waals surface area contributed by atoms with Crippen LogP contribution in [0.15, 0.2) is 46.2 Å². The lowest BCUT2D eigenvalue weighted by Gasteiger charge is -2.20. The predicted octanol–water partition coefficient (Wildman–Crippen LogP) is 3.51. The highest BCUT2D eigenvalue weighted by Crippen LogP contribution is 2.51. The molecule has 2 aromatic rings. The van der Waals surface area contributed by atoms with Gasteiger partial charge in [-0.25, -0.2) is 0 Å². The smallest absolute Gasteiger partial charge is 0.294 e. The van der Waals surface area contributed by atoms with Crippen molar-refractivity contribution in [1.29, 1.82) is 0 Å². The van der Waals surface area contributed by atoms with E-state index in [1.54, 1.807) is 0 Å². The fourth-order valence-electron chi connectivity index (χ4n) is 1.84. The maximum Gasteiger partial charge on any atom is 0.294 e. The lowest BCUT2D eigenvalue weighted by Crippen LogP contribution is -2.03. The molecule has 90 valence electrons. The molecule has 18 heavy (non-hydrogen) atoms. The first kappa shape index (κ1) is 10.9. The van der Waals surface area contributed by atoms with E-state index in [2.05, 4.69) is 5.32 Å². The maximum absolute atomic E-state index is 11.0. The Morgan fingerprint density at radius 2 is 2.00 bits per heavy atom. The Hall–Kier alpha value is -2.21. The predicted molar refractivity (Wildman–Crippen MR) is 68.6 cm³/mol. The summed E-state index contributed by atoms with van der Waals surface area (Å²) < 4.78 is 0. The van der Waals surface area contributed by atoms with E-state index in [1.807, 2.05) is 24.3 Å². The molecule has 2 N–H and O–H groups in total. The van der Waals surface area contributed by atoms with E-state index < -0.39 is 4.92 Å². The van der Waals surface area contributed by atoms with Crippen molar-refractivity contribution < 1.29 is 10.0 Å². The van der Waals surface area contributed by atoms with Crippen LogP contribution in [-0.2, 0) is 0 Å². The number of phenols is 1. The standard InChI is InChI=1S/C12H8N2O3S/c15-9-6-5-8(14(16)17)11-12(9)18-10-4-2-1-3-7(10)13-11/h1-6,13,15H. The molecule has 0 bridgehead atoms. The number of fused-ring (bicyclic) bond motifs is 2. The topological polar surface area (TPSA) is 75.4 Å². The molecule has 3 rings (SSSR count). The Bertz CT molecular complexity index is 658. The quantitative estimate of drug-likeness (QED) is 0.517. The zero-order valence-corrected chi connectivity index (χ0v) is 9.90. The molecule has 0 atom stereocenters. The summed E-state index contributed by atoms with van der Waals surface area (Å²) in [6.45, 7) is 0. The largest absolute Gasteiger partial charge is 0.507 e. The minimum Gasteiger partial charge on any atom is -0.507 e. The summed E-state index contributed by atoms with van der Waals surface area (Å²) in [6, 6.07) is 10.1. The van der Waals surface area contributed by atoms with E-state index in [0.29, 0.717) is 10.6 Å². The molecule has 6 heteroatoms. The Kier molecular flexibility index (Phi) is 2.38. The monoisotopic (exact) mass is 260 g/mol. The van der Waals surface area contributed by atoms with Gasteiger partial charge in [-0.15, -0.1) is 0 Å². The van der Waals surface area contributed by atoms with Gasteiger partial charge in [-0.3, -0.25) is 10.1 Å². The highest BCUT2D eigenvalue weighted by Gasteiger charge is 2.26. The highest BCUT2D eigenvalue weighted by molar-refractivity contribution is 7.99. The molecule has 0 unspecified atom stereocenters. The van der Waals surface area contributed by atoms with Crippen LogP contribution in [0.1, 0.15) is 0 Å².